The first-order valence-corrected chi connectivity index (χ1v) is 20.4. The van der Waals surface area contributed by atoms with Gasteiger partial charge in [-0.25, -0.2) is 0 Å². The molecule has 2 fully saturated rings. The fourth-order valence-electron chi connectivity index (χ4n) is 9.18. The minimum atomic E-state index is 0. The summed E-state index contributed by atoms with van der Waals surface area (Å²) in [6.07, 6.45) is 16.9. The van der Waals surface area contributed by atoms with E-state index in [1.54, 1.807) is 0 Å². The maximum atomic E-state index is 11.0. The van der Waals surface area contributed by atoms with Crippen LogP contribution in [0, 0.1) is 11.8 Å². The molecule has 0 amide bonds. The number of aldehydes is 1. The zero-order valence-electron chi connectivity index (χ0n) is 31.6. The van der Waals surface area contributed by atoms with Crippen molar-refractivity contribution in [2.75, 3.05) is 46.9 Å². The van der Waals surface area contributed by atoms with Gasteiger partial charge in [0.05, 0.1) is 11.4 Å². The van der Waals surface area contributed by atoms with E-state index in [-0.39, 0.29) is 27.4 Å². The lowest BCUT2D eigenvalue weighted by atomic mass is 9.76. The van der Waals surface area contributed by atoms with E-state index in [1.807, 2.05) is 36.7 Å². The molecule has 56 heavy (non-hydrogen) atoms. The summed E-state index contributed by atoms with van der Waals surface area (Å²) in [6, 6.07) is 20.9. The number of rotatable bonds is 8. The van der Waals surface area contributed by atoms with Gasteiger partial charge in [0.1, 0.15) is 6.29 Å². The Hall–Kier alpha value is -3.65. The van der Waals surface area contributed by atoms with Crippen LogP contribution in [0.25, 0.3) is 23.3 Å². The summed E-state index contributed by atoms with van der Waals surface area (Å²) < 4.78 is 0. The fraction of sp³-hybridized carbons (Fsp3) is 0.438. The normalized spacial score (nSPS) is 19.7. The van der Waals surface area contributed by atoms with Crippen molar-refractivity contribution in [3.63, 3.8) is 0 Å². The molecule has 2 aromatic heterocycles. The molecule has 0 bridgehead atoms. The first-order valence-electron chi connectivity index (χ1n) is 19.7. The summed E-state index contributed by atoms with van der Waals surface area (Å²) in [7, 11) is 4.40. The summed E-state index contributed by atoms with van der Waals surface area (Å²) in [5, 5.41) is 10.9. The van der Waals surface area contributed by atoms with Crippen molar-refractivity contribution in [1.82, 2.24) is 19.8 Å². The van der Waals surface area contributed by atoms with Crippen molar-refractivity contribution in [2.45, 2.75) is 78.1 Å². The van der Waals surface area contributed by atoms with Crippen LogP contribution in [0.15, 0.2) is 73.1 Å². The highest BCUT2D eigenvalue weighted by Crippen LogP contribution is 2.47. The molecular formula is C48H60Cl2N4O2. The molecule has 0 spiro atoms. The molecule has 4 heterocycles. The summed E-state index contributed by atoms with van der Waals surface area (Å²) in [6.45, 7) is 4.72. The van der Waals surface area contributed by atoms with E-state index in [4.69, 9.17) is 33.2 Å². The number of piperidine rings is 2. The minimum absolute atomic E-state index is 0. The fourth-order valence-corrected chi connectivity index (χ4v) is 9.54. The molecule has 8 heteroatoms. The van der Waals surface area contributed by atoms with E-state index in [0.717, 1.165) is 67.5 Å². The van der Waals surface area contributed by atoms with Crippen molar-refractivity contribution >= 4 is 52.8 Å². The molecule has 298 valence electrons. The predicted octanol–water partition coefficient (Wildman–Crippen LogP) is 11.1. The Bertz CT molecular complexity index is 1990. The van der Waals surface area contributed by atoms with Crippen LogP contribution in [0.5, 0.6) is 0 Å². The second-order valence-corrected chi connectivity index (χ2v) is 16.4. The molecule has 4 aliphatic rings. The summed E-state index contributed by atoms with van der Waals surface area (Å²) >= 11 is 12.7. The monoisotopic (exact) mass is 794 g/mol. The van der Waals surface area contributed by atoms with Gasteiger partial charge in [-0.2, -0.15) is 0 Å². The molecule has 2 aliphatic carbocycles. The lowest BCUT2D eigenvalue weighted by molar-refractivity contribution is -0.107. The van der Waals surface area contributed by atoms with Crippen LogP contribution < -0.4 is 0 Å². The van der Waals surface area contributed by atoms with E-state index >= 15 is 0 Å². The maximum absolute atomic E-state index is 11.0. The minimum Gasteiger partial charge on any atom is -0.396 e. The van der Waals surface area contributed by atoms with Crippen LogP contribution in [-0.4, -0.2) is 78.0 Å². The van der Waals surface area contributed by atoms with E-state index in [1.165, 1.54) is 75.9 Å². The molecular weight excluding hydrogens is 735 g/mol. The van der Waals surface area contributed by atoms with Crippen molar-refractivity contribution in [3.8, 4) is 0 Å². The van der Waals surface area contributed by atoms with E-state index < -0.39 is 0 Å². The number of halogens is 2. The molecule has 2 unspecified atom stereocenters. The van der Waals surface area contributed by atoms with E-state index in [9.17, 15) is 9.90 Å². The van der Waals surface area contributed by atoms with Crippen molar-refractivity contribution in [3.05, 3.63) is 128 Å². The second-order valence-electron chi connectivity index (χ2n) is 15.5. The highest BCUT2D eigenvalue weighted by molar-refractivity contribution is 6.31. The van der Waals surface area contributed by atoms with Gasteiger partial charge < -0.3 is 19.7 Å². The number of allylic oxidation sites excluding steroid dienone is 2. The Morgan fingerprint density at radius 1 is 0.696 bits per heavy atom. The third kappa shape index (κ3) is 9.71. The van der Waals surface area contributed by atoms with E-state index in [2.05, 4.69) is 72.4 Å². The molecule has 8 rings (SSSR count). The molecule has 0 saturated carbocycles. The topological polar surface area (TPSA) is 69.6 Å². The predicted molar refractivity (Wildman–Crippen MR) is 236 cm³/mol. The van der Waals surface area contributed by atoms with Gasteiger partial charge in [-0.15, -0.1) is 0 Å². The van der Waals surface area contributed by atoms with Crippen molar-refractivity contribution < 1.29 is 9.90 Å². The van der Waals surface area contributed by atoms with Gasteiger partial charge in [0.15, 0.2) is 0 Å². The van der Waals surface area contributed by atoms with Gasteiger partial charge in [-0.05, 0) is 178 Å². The number of aliphatic hydroxyl groups excluding tert-OH is 1. The Morgan fingerprint density at radius 2 is 1.14 bits per heavy atom. The van der Waals surface area contributed by atoms with Crippen LogP contribution >= 0.6 is 23.2 Å². The number of aromatic nitrogens is 2. The lowest BCUT2D eigenvalue weighted by Gasteiger charge is -2.35. The van der Waals surface area contributed by atoms with Crippen LogP contribution in [-0.2, 0) is 4.79 Å². The Labute approximate surface area is 345 Å². The third-order valence-electron chi connectivity index (χ3n) is 12.0. The second kappa shape index (κ2) is 20.2. The number of fused-ring (bicyclic) bond motifs is 4. The largest absolute Gasteiger partial charge is 0.396 e. The van der Waals surface area contributed by atoms with Crippen LogP contribution in [0.3, 0.4) is 0 Å². The first-order chi connectivity index (χ1) is 26.3. The molecule has 1 N–H and O–H groups in total. The highest BCUT2D eigenvalue weighted by Gasteiger charge is 2.35. The third-order valence-corrected chi connectivity index (χ3v) is 12.5. The number of aliphatic hydroxyl groups is 1. The number of benzene rings is 2. The van der Waals surface area contributed by atoms with Gasteiger partial charge in [0, 0.05) is 47.3 Å². The van der Waals surface area contributed by atoms with Crippen LogP contribution in [0.1, 0.15) is 123 Å². The number of likely N-dealkylation sites (tertiary alicyclic amines) is 2. The number of hydrogen-bond acceptors (Lipinski definition) is 6. The van der Waals surface area contributed by atoms with Gasteiger partial charge >= 0.3 is 0 Å². The van der Waals surface area contributed by atoms with Gasteiger partial charge in [0.2, 0.25) is 0 Å². The molecule has 0 radical (unpaired) electrons. The number of nitrogens with zero attached hydrogens (tertiary/aromatic N) is 4. The molecule has 2 atom stereocenters. The molecule has 6 nitrogen and oxygen atoms in total. The molecule has 4 aromatic rings. The van der Waals surface area contributed by atoms with Crippen molar-refractivity contribution in [1.29, 1.82) is 0 Å². The van der Waals surface area contributed by atoms with Gasteiger partial charge in [0.25, 0.3) is 0 Å². The highest BCUT2D eigenvalue weighted by atomic mass is 35.5. The zero-order chi connectivity index (χ0) is 37.6. The maximum Gasteiger partial charge on any atom is 0.120 e. The lowest BCUT2D eigenvalue weighted by Crippen LogP contribution is -2.33. The smallest absolute Gasteiger partial charge is 0.120 e. The molecule has 2 aliphatic heterocycles. The number of pyridine rings is 2. The summed E-state index contributed by atoms with van der Waals surface area (Å²) in [5.74, 6) is 1.71. The van der Waals surface area contributed by atoms with E-state index in [0.29, 0.717) is 24.2 Å². The Morgan fingerprint density at radius 3 is 1.57 bits per heavy atom. The average molecular weight is 796 g/mol. The number of hydrogen-bond donors (Lipinski definition) is 1. The van der Waals surface area contributed by atoms with Gasteiger partial charge in [-0.3, -0.25) is 9.97 Å². The SMILES string of the molecule is C.C.CN1CCC(C2c3ccc(Cl)cc3C=C(CCC=O)c3cccnc32)CC1.CN1CCC(C2c3ccc(Cl)cc3C=C(CCCO)c3cccnc32)CC1. The van der Waals surface area contributed by atoms with Crippen LogP contribution in [0.4, 0.5) is 0 Å². The Kier molecular flexibility index (Phi) is 15.7. The van der Waals surface area contributed by atoms with Gasteiger partial charge in [-0.1, -0.05) is 74.5 Å². The summed E-state index contributed by atoms with van der Waals surface area (Å²) in [5.41, 5.74) is 12.3. The standard InChI is InChI=1S/C23H27ClN2O.C23H25ClN2O.2CH4/c2*1-26-11-8-16(9-12-26)22-20-7-6-19(24)15-18(20)14-17(4-3-13-27)21-5-2-10-25-23(21)22;;/h2,5-7,10,14-16,22,27H,3-4,8-9,11-13H2,1H3;2,5-7,10,13-16,22H,3-4,8-9,11-12H2,1H3;2*1H4. The molecule has 2 aromatic carbocycles. The van der Waals surface area contributed by atoms with Crippen LogP contribution in [0.2, 0.25) is 10.0 Å². The first kappa shape index (κ1) is 43.5. The molecule has 2 saturated heterocycles. The quantitative estimate of drug-likeness (QED) is 0.179. The Balaban J connectivity index is 0.000000207. The number of carbonyl (C=O) groups excluding carboxylic acids is 1. The summed E-state index contributed by atoms with van der Waals surface area (Å²) in [4.78, 5) is 25.6. The average Bonchev–Trinajstić information content (AvgIpc) is 3.41. The number of carbonyl (C=O) groups is 1. The van der Waals surface area contributed by atoms with Crippen molar-refractivity contribution in [2.24, 2.45) is 11.8 Å². The zero-order valence-corrected chi connectivity index (χ0v) is 33.1.